The molecule has 8 rings (SSSR count). The molecule has 0 saturated heterocycles. The SMILES string of the molecule is c1ccc(-c2ccc3c4c(cccc24)N(c2ccccc2)c2c-3ccc3sc4ccccc4c23)cc1. The van der Waals surface area contributed by atoms with Crippen LogP contribution < -0.4 is 4.90 Å². The van der Waals surface area contributed by atoms with Gasteiger partial charge in [0.05, 0.1) is 11.4 Å². The molecule has 0 atom stereocenters. The van der Waals surface area contributed by atoms with Crippen molar-refractivity contribution in [2.45, 2.75) is 0 Å². The van der Waals surface area contributed by atoms with Crippen LogP contribution in [0.4, 0.5) is 17.1 Å². The van der Waals surface area contributed by atoms with Crippen LogP contribution in [0.1, 0.15) is 0 Å². The predicted molar refractivity (Wildman–Crippen MR) is 156 cm³/mol. The molecule has 2 heterocycles. The van der Waals surface area contributed by atoms with Crippen LogP contribution >= 0.6 is 11.3 Å². The third-order valence-corrected chi connectivity index (χ3v) is 8.52. The Bertz CT molecular complexity index is 1930. The summed E-state index contributed by atoms with van der Waals surface area (Å²) in [6.45, 7) is 0. The molecule has 1 aromatic heterocycles. The summed E-state index contributed by atoms with van der Waals surface area (Å²) in [4.78, 5) is 2.49. The van der Waals surface area contributed by atoms with Crippen molar-refractivity contribution in [3.05, 3.63) is 127 Å². The lowest BCUT2D eigenvalue weighted by molar-refractivity contribution is 1.30. The normalized spacial score (nSPS) is 12.4. The Kier molecular flexibility index (Phi) is 4.16. The Morgan fingerprint density at radius 3 is 2.00 bits per heavy atom. The van der Waals surface area contributed by atoms with Crippen molar-refractivity contribution in [1.29, 1.82) is 0 Å². The van der Waals surface area contributed by atoms with Gasteiger partial charge in [0.15, 0.2) is 0 Å². The third kappa shape index (κ3) is 2.71. The highest BCUT2D eigenvalue weighted by Gasteiger charge is 2.29. The van der Waals surface area contributed by atoms with Crippen LogP contribution in [-0.2, 0) is 0 Å². The summed E-state index contributed by atoms with van der Waals surface area (Å²) in [5.74, 6) is 0. The minimum atomic E-state index is 1.18. The molecular formula is C34H21NS. The average Bonchev–Trinajstić information content (AvgIpc) is 3.33. The number of nitrogens with zero attached hydrogens (tertiary/aromatic N) is 1. The van der Waals surface area contributed by atoms with E-state index >= 15 is 0 Å². The van der Waals surface area contributed by atoms with Crippen molar-refractivity contribution in [2.24, 2.45) is 0 Å². The van der Waals surface area contributed by atoms with Gasteiger partial charge < -0.3 is 4.90 Å². The highest BCUT2D eigenvalue weighted by atomic mass is 32.1. The summed E-state index contributed by atoms with van der Waals surface area (Å²) in [6.07, 6.45) is 0. The van der Waals surface area contributed by atoms with E-state index in [9.17, 15) is 0 Å². The van der Waals surface area contributed by atoms with Gasteiger partial charge in [0.2, 0.25) is 0 Å². The van der Waals surface area contributed by atoms with E-state index in [0.717, 1.165) is 0 Å². The fourth-order valence-corrected chi connectivity index (χ4v) is 6.99. The van der Waals surface area contributed by atoms with E-state index in [1.54, 1.807) is 0 Å². The van der Waals surface area contributed by atoms with Gasteiger partial charge in [0.1, 0.15) is 0 Å². The largest absolute Gasteiger partial charge is 0.309 e. The van der Waals surface area contributed by atoms with E-state index in [4.69, 9.17) is 0 Å². The lowest BCUT2D eigenvalue weighted by atomic mass is 9.86. The Morgan fingerprint density at radius 1 is 0.444 bits per heavy atom. The van der Waals surface area contributed by atoms with Crippen LogP contribution in [0.2, 0.25) is 0 Å². The third-order valence-electron chi connectivity index (χ3n) is 7.39. The standard InChI is InChI=1S/C34H21NS/c1-3-10-22(11-4-1)24-18-19-26-27-20-21-31-33(28-14-7-8-17-30(28)36-31)34(27)35(23-12-5-2-6-13-23)29-16-9-15-25(24)32(26)29/h1-21H. The maximum Gasteiger partial charge on any atom is 0.0633 e. The number of hydrogen-bond acceptors (Lipinski definition) is 2. The summed E-state index contributed by atoms with van der Waals surface area (Å²) in [7, 11) is 0. The van der Waals surface area contributed by atoms with Gasteiger partial charge in [-0.15, -0.1) is 11.3 Å². The zero-order chi connectivity index (χ0) is 23.6. The molecule has 7 aromatic rings. The molecule has 0 aliphatic carbocycles. The first-order valence-electron chi connectivity index (χ1n) is 12.3. The van der Waals surface area contributed by atoms with Gasteiger partial charge in [-0.25, -0.2) is 0 Å². The number of anilines is 3. The second kappa shape index (κ2) is 7.55. The maximum absolute atomic E-state index is 2.49. The Hall–Kier alpha value is -4.40. The fraction of sp³-hybridized carbons (Fsp3) is 0. The summed E-state index contributed by atoms with van der Waals surface area (Å²) >= 11 is 1.88. The number of benzene rings is 6. The zero-order valence-electron chi connectivity index (χ0n) is 19.5. The van der Waals surface area contributed by atoms with Crippen molar-refractivity contribution < 1.29 is 0 Å². The van der Waals surface area contributed by atoms with Gasteiger partial charge in [-0.3, -0.25) is 0 Å². The van der Waals surface area contributed by atoms with E-state index < -0.39 is 0 Å². The molecule has 0 fully saturated rings. The second-order valence-electron chi connectivity index (χ2n) is 9.33. The first-order valence-corrected chi connectivity index (χ1v) is 13.1. The average molecular weight is 476 g/mol. The molecule has 0 unspecified atom stereocenters. The molecule has 0 amide bonds. The zero-order valence-corrected chi connectivity index (χ0v) is 20.3. The van der Waals surface area contributed by atoms with Crippen LogP contribution in [-0.4, -0.2) is 0 Å². The summed E-state index contributed by atoms with van der Waals surface area (Å²) in [5.41, 5.74) is 8.82. The lowest BCUT2D eigenvalue weighted by Gasteiger charge is -2.34. The molecule has 0 spiro atoms. The van der Waals surface area contributed by atoms with Crippen molar-refractivity contribution in [2.75, 3.05) is 4.90 Å². The van der Waals surface area contributed by atoms with Gasteiger partial charge in [0, 0.05) is 36.8 Å². The van der Waals surface area contributed by atoms with E-state index in [-0.39, 0.29) is 0 Å². The van der Waals surface area contributed by atoms with Crippen LogP contribution in [0, 0.1) is 0 Å². The maximum atomic E-state index is 2.49. The number of rotatable bonds is 2. The molecule has 0 radical (unpaired) electrons. The Labute approximate surface area is 213 Å². The first kappa shape index (κ1) is 19.9. The number of hydrogen-bond donors (Lipinski definition) is 0. The number of para-hydroxylation sites is 1. The van der Waals surface area contributed by atoms with Gasteiger partial charge in [0.25, 0.3) is 0 Å². The van der Waals surface area contributed by atoms with Gasteiger partial charge in [-0.1, -0.05) is 97.1 Å². The van der Waals surface area contributed by atoms with E-state index in [1.165, 1.54) is 70.3 Å². The molecule has 0 saturated carbocycles. The van der Waals surface area contributed by atoms with Crippen LogP contribution in [0.15, 0.2) is 127 Å². The topological polar surface area (TPSA) is 3.24 Å². The summed E-state index contributed by atoms with van der Waals surface area (Å²) in [6, 6.07) is 46.4. The molecule has 6 aromatic carbocycles. The van der Waals surface area contributed by atoms with Crippen LogP contribution in [0.3, 0.4) is 0 Å². The molecule has 0 bridgehead atoms. The molecule has 1 nitrogen and oxygen atoms in total. The molecule has 36 heavy (non-hydrogen) atoms. The second-order valence-corrected chi connectivity index (χ2v) is 10.4. The smallest absolute Gasteiger partial charge is 0.0633 e. The Balaban J connectivity index is 1.55. The van der Waals surface area contributed by atoms with Gasteiger partial charge in [-0.2, -0.15) is 0 Å². The molecule has 0 N–H and O–H groups in total. The van der Waals surface area contributed by atoms with Crippen molar-refractivity contribution in [3.8, 4) is 22.3 Å². The fourth-order valence-electron chi connectivity index (χ4n) is 5.88. The van der Waals surface area contributed by atoms with E-state index in [0.29, 0.717) is 0 Å². The molecular weight excluding hydrogens is 454 g/mol. The highest BCUT2D eigenvalue weighted by Crippen LogP contribution is 2.56. The van der Waals surface area contributed by atoms with Gasteiger partial charge >= 0.3 is 0 Å². The monoisotopic (exact) mass is 475 g/mol. The molecule has 168 valence electrons. The van der Waals surface area contributed by atoms with Crippen LogP contribution in [0.5, 0.6) is 0 Å². The first-order chi connectivity index (χ1) is 17.9. The minimum Gasteiger partial charge on any atom is -0.309 e. The lowest BCUT2D eigenvalue weighted by Crippen LogP contribution is -2.15. The van der Waals surface area contributed by atoms with E-state index in [1.807, 2.05) is 11.3 Å². The minimum absolute atomic E-state index is 1.18. The van der Waals surface area contributed by atoms with E-state index in [2.05, 4.69) is 132 Å². The van der Waals surface area contributed by atoms with Crippen molar-refractivity contribution in [1.82, 2.24) is 0 Å². The molecule has 2 heteroatoms. The summed E-state index contributed by atoms with van der Waals surface area (Å²) in [5, 5.41) is 5.27. The highest BCUT2D eigenvalue weighted by molar-refractivity contribution is 7.26. The summed E-state index contributed by atoms with van der Waals surface area (Å²) < 4.78 is 2.66. The molecule has 1 aliphatic rings. The quantitative estimate of drug-likeness (QED) is 0.240. The predicted octanol–water partition coefficient (Wildman–Crippen LogP) is 10.3. The Morgan fingerprint density at radius 2 is 1.14 bits per heavy atom. The molecule has 1 aliphatic heterocycles. The number of fused-ring (bicyclic) bond motifs is 6. The van der Waals surface area contributed by atoms with Crippen molar-refractivity contribution >= 4 is 59.3 Å². The van der Waals surface area contributed by atoms with Crippen molar-refractivity contribution in [3.63, 3.8) is 0 Å². The van der Waals surface area contributed by atoms with Crippen LogP contribution in [0.25, 0.3) is 53.2 Å². The number of thiophene rings is 1. The van der Waals surface area contributed by atoms with Gasteiger partial charge in [-0.05, 0) is 52.4 Å².